The van der Waals surface area contributed by atoms with E-state index >= 15 is 0 Å². The van der Waals surface area contributed by atoms with Crippen LogP contribution in [-0.4, -0.2) is 19.0 Å². The Hall–Kier alpha value is -0.870. The number of hydrogen-bond donors (Lipinski definition) is 2. The third-order valence-electron chi connectivity index (χ3n) is 3.16. The van der Waals surface area contributed by atoms with Gasteiger partial charge in [-0.25, -0.2) is 0 Å². The average molecular weight is 311 g/mol. The highest BCUT2D eigenvalue weighted by Gasteiger charge is 2.20. The van der Waals surface area contributed by atoms with E-state index in [-0.39, 0.29) is 11.9 Å². The lowest BCUT2D eigenvalue weighted by Gasteiger charge is -2.14. The fourth-order valence-corrected chi connectivity index (χ4v) is 2.10. The summed E-state index contributed by atoms with van der Waals surface area (Å²) in [5.74, 6) is 0.868. The largest absolute Gasteiger partial charge is 0.348 e. The quantitative estimate of drug-likeness (QED) is 0.848. The number of carbonyl (C=O) groups excluding carboxylic acids is 1. The van der Waals surface area contributed by atoms with Crippen molar-refractivity contribution in [2.75, 3.05) is 13.1 Å². The summed E-state index contributed by atoms with van der Waals surface area (Å²) in [5.41, 5.74) is 1.12. The van der Waals surface area contributed by atoms with E-state index in [1.807, 2.05) is 31.2 Å². The number of halogens is 1. The zero-order valence-corrected chi connectivity index (χ0v) is 12.2. The first-order valence-electron chi connectivity index (χ1n) is 6.40. The van der Waals surface area contributed by atoms with Crippen molar-refractivity contribution in [3.63, 3.8) is 0 Å². The number of hydrogen-bond acceptors (Lipinski definition) is 2. The molecule has 1 saturated carbocycles. The Balaban J connectivity index is 1.73. The van der Waals surface area contributed by atoms with E-state index in [1.54, 1.807) is 0 Å². The Labute approximate surface area is 116 Å². The van der Waals surface area contributed by atoms with Gasteiger partial charge in [0.05, 0.1) is 12.6 Å². The predicted molar refractivity (Wildman–Crippen MR) is 76.3 cm³/mol. The second-order valence-electron chi connectivity index (χ2n) is 4.92. The molecule has 1 atom stereocenters. The van der Waals surface area contributed by atoms with Gasteiger partial charge in [0, 0.05) is 4.47 Å². The van der Waals surface area contributed by atoms with Gasteiger partial charge in [0.15, 0.2) is 0 Å². The topological polar surface area (TPSA) is 41.1 Å². The highest BCUT2D eigenvalue weighted by atomic mass is 79.9. The minimum atomic E-state index is 0.0494. The molecule has 18 heavy (non-hydrogen) atoms. The van der Waals surface area contributed by atoms with E-state index in [2.05, 4.69) is 26.6 Å². The number of rotatable bonds is 6. The van der Waals surface area contributed by atoms with Gasteiger partial charge in [-0.3, -0.25) is 4.79 Å². The van der Waals surface area contributed by atoms with Gasteiger partial charge < -0.3 is 10.6 Å². The molecule has 3 nitrogen and oxygen atoms in total. The normalized spacial score (nSPS) is 16.3. The maximum Gasteiger partial charge on any atom is 0.234 e. The van der Waals surface area contributed by atoms with Gasteiger partial charge in [0.25, 0.3) is 0 Å². The van der Waals surface area contributed by atoms with Crippen LogP contribution in [0.5, 0.6) is 0 Å². The van der Waals surface area contributed by atoms with Crippen LogP contribution in [0.1, 0.15) is 31.4 Å². The van der Waals surface area contributed by atoms with Crippen LogP contribution >= 0.6 is 15.9 Å². The SMILES string of the molecule is CC(NC(=O)CNCC1CC1)c1ccc(Br)cc1. The summed E-state index contributed by atoms with van der Waals surface area (Å²) in [6, 6.07) is 8.07. The number of amides is 1. The Morgan fingerprint density at radius 3 is 2.67 bits per heavy atom. The van der Waals surface area contributed by atoms with Crippen molar-refractivity contribution in [3.05, 3.63) is 34.3 Å². The first kappa shape index (κ1) is 13.6. The monoisotopic (exact) mass is 310 g/mol. The van der Waals surface area contributed by atoms with E-state index in [4.69, 9.17) is 0 Å². The average Bonchev–Trinajstić information content (AvgIpc) is 3.13. The summed E-state index contributed by atoms with van der Waals surface area (Å²) in [6.45, 7) is 3.39. The lowest BCUT2D eigenvalue weighted by atomic mass is 10.1. The molecule has 0 aliphatic heterocycles. The maximum atomic E-state index is 11.7. The fourth-order valence-electron chi connectivity index (χ4n) is 1.84. The first-order valence-corrected chi connectivity index (χ1v) is 7.20. The summed E-state index contributed by atoms with van der Waals surface area (Å²) in [7, 11) is 0. The fraction of sp³-hybridized carbons (Fsp3) is 0.500. The summed E-state index contributed by atoms with van der Waals surface area (Å²) in [6.07, 6.45) is 2.62. The van der Waals surface area contributed by atoms with Crippen molar-refractivity contribution >= 4 is 21.8 Å². The van der Waals surface area contributed by atoms with E-state index in [1.165, 1.54) is 12.8 Å². The molecule has 0 bridgehead atoms. The molecule has 98 valence electrons. The van der Waals surface area contributed by atoms with Gasteiger partial charge in [-0.2, -0.15) is 0 Å². The predicted octanol–water partition coefficient (Wildman–Crippen LogP) is 2.63. The van der Waals surface area contributed by atoms with Gasteiger partial charge in [-0.15, -0.1) is 0 Å². The summed E-state index contributed by atoms with van der Waals surface area (Å²) in [4.78, 5) is 11.7. The molecule has 1 fully saturated rings. The molecule has 1 aliphatic rings. The second-order valence-corrected chi connectivity index (χ2v) is 5.83. The molecule has 1 aromatic carbocycles. The molecule has 2 rings (SSSR count). The smallest absolute Gasteiger partial charge is 0.234 e. The van der Waals surface area contributed by atoms with Crippen molar-refractivity contribution in [1.29, 1.82) is 0 Å². The van der Waals surface area contributed by atoms with E-state index < -0.39 is 0 Å². The molecule has 1 unspecified atom stereocenters. The summed E-state index contributed by atoms with van der Waals surface area (Å²) < 4.78 is 1.05. The van der Waals surface area contributed by atoms with Gasteiger partial charge in [-0.05, 0) is 49.9 Å². The highest BCUT2D eigenvalue weighted by Crippen LogP contribution is 2.27. The molecular formula is C14H19BrN2O. The summed E-state index contributed by atoms with van der Waals surface area (Å²) >= 11 is 3.40. The minimum Gasteiger partial charge on any atom is -0.348 e. The molecule has 0 heterocycles. The molecule has 0 saturated heterocycles. The van der Waals surface area contributed by atoms with Crippen molar-refractivity contribution in [2.45, 2.75) is 25.8 Å². The summed E-state index contributed by atoms with van der Waals surface area (Å²) in [5, 5.41) is 6.19. The Kier molecular flexibility index (Phi) is 4.78. The van der Waals surface area contributed by atoms with Crippen LogP contribution in [0, 0.1) is 5.92 Å². The molecule has 1 aliphatic carbocycles. The second kappa shape index (κ2) is 6.34. The van der Waals surface area contributed by atoms with E-state index in [0.717, 1.165) is 22.5 Å². The Morgan fingerprint density at radius 1 is 1.39 bits per heavy atom. The molecule has 4 heteroatoms. The molecule has 1 amide bonds. The van der Waals surface area contributed by atoms with Gasteiger partial charge in [-0.1, -0.05) is 28.1 Å². The van der Waals surface area contributed by atoms with E-state index in [9.17, 15) is 4.79 Å². The van der Waals surface area contributed by atoms with Crippen molar-refractivity contribution < 1.29 is 4.79 Å². The minimum absolute atomic E-state index is 0.0494. The maximum absolute atomic E-state index is 11.7. The molecule has 0 spiro atoms. The van der Waals surface area contributed by atoms with E-state index in [0.29, 0.717) is 6.54 Å². The number of nitrogens with one attached hydrogen (secondary N) is 2. The standard InChI is InChI=1S/C14H19BrN2O/c1-10(12-4-6-13(15)7-5-12)17-14(18)9-16-8-11-2-3-11/h4-7,10-11,16H,2-3,8-9H2,1H3,(H,17,18). The Bertz CT molecular complexity index is 401. The first-order chi connectivity index (χ1) is 8.65. The molecular weight excluding hydrogens is 292 g/mol. The highest BCUT2D eigenvalue weighted by molar-refractivity contribution is 9.10. The van der Waals surface area contributed by atoms with Crippen LogP contribution < -0.4 is 10.6 Å². The molecule has 1 aromatic rings. The van der Waals surface area contributed by atoms with Crippen LogP contribution in [-0.2, 0) is 4.79 Å². The van der Waals surface area contributed by atoms with Gasteiger partial charge in [0.2, 0.25) is 5.91 Å². The zero-order valence-electron chi connectivity index (χ0n) is 10.6. The zero-order chi connectivity index (χ0) is 13.0. The van der Waals surface area contributed by atoms with Crippen LogP contribution in [0.2, 0.25) is 0 Å². The lowest BCUT2D eigenvalue weighted by molar-refractivity contribution is -0.120. The Morgan fingerprint density at radius 2 is 2.06 bits per heavy atom. The van der Waals surface area contributed by atoms with Gasteiger partial charge >= 0.3 is 0 Å². The van der Waals surface area contributed by atoms with Crippen molar-refractivity contribution in [3.8, 4) is 0 Å². The van der Waals surface area contributed by atoms with Crippen molar-refractivity contribution in [2.24, 2.45) is 5.92 Å². The van der Waals surface area contributed by atoms with Crippen LogP contribution in [0.15, 0.2) is 28.7 Å². The number of benzene rings is 1. The lowest BCUT2D eigenvalue weighted by Crippen LogP contribution is -2.36. The van der Waals surface area contributed by atoms with Crippen LogP contribution in [0.25, 0.3) is 0 Å². The molecule has 0 radical (unpaired) electrons. The number of carbonyl (C=O) groups is 1. The van der Waals surface area contributed by atoms with Gasteiger partial charge in [0.1, 0.15) is 0 Å². The van der Waals surface area contributed by atoms with Crippen molar-refractivity contribution in [1.82, 2.24) is 10.6 Å². The van der Waals surface area contributed by atoms with Crippen LogP contribution in [0.3, 0.4) is 0 Å². The third kappa shape index (κ3) is 4.42. The third-order valence-corrected chi connectivity index (χ3v) is 3.69. The molecule has 2 N–H and O–H groups in total. The molecule has 0 aromatic heterocycles. The van der Waals surface area contributed by atoms with Crippen LogP contribution in [0.4, 0.5) is 0 Å².